The normalized spacial score (nSPS) is 11.6. The zero-order chi connectivity index (χ0) is 21.3. The van der Waals surface area contributed by atoms with Gasteiger partial charge in [0.05, 0.1) is 18.1 Å². The Kier molecular flexibility index (Phi) is 5.60. The summed E-state index contributed by atoms with van der Waals surface area (Å²) in [4.78, 5) is 14.2. The molecule has 0 aliphatic rings. The molecule has 0 aliphatic carbocycles. The number of oxazole rings is 1. The van der Waals surface area contributed by atoms with Crippen LogP contribution in [0.1, 0.15) is 19.5 Å². The third kappa shape index (κ3) is 4.53. The summed E-state index contributed by atoms with van der Waals surface area (Å²) in [5.41, 5.74) is 0.984. The Morgan fingerprint density at radius 2 is 1.70 bits per heavy atom. The SMILES string of the molecule is CC(C)(O)c1cnc(-c2nc(-c3ccc(F)cc3)oc2Sc2ccc(Cl)cc2)cn1. The van der Waals surface area contributed by atoms with Crippen molar-refractivity contribution in [1.29, 1.82) is 0 Å². The molecular formula is C22H17ClFN3O2S. The van der Waals surface area contributed by atoms with E-state index >= 15 is 0 Å². The van der Waals surface area contributed by atoms with E-state index < -0.39 is 5.60 Å². The predicted molar refractivity (Wildman–Crippen MR) is 114 cm³/mol. The van der Waals surface area contributed by atoms with Crippen molar-refractivity contribution < 1.29 is 13.9 Å². The van der Waals surface area contributed by atoms with Gasteiger partial charge in [-0.25, -0.2) is 9.37 Å². The molecule has 4 rings (SSSR count). The average Bonchev–Trinajstić information content (AvgIpc) is 3.13. The van der Waals surface area contributed by atoms with E-state index in [1.807, 2.05) is 12.1 Å². The number of halogens is 2. The first kappa shape index (κ1) is 20.5. The van der Waals surface area contributed by atoms with Crippen molar-refractivity contribution in [2.24, 2.45) is 0 Å². The minimum absolute atomic E-state index is 0.339. The summed E-state index contributed by atoms with van der Waals surface area (Å²) in [6.07, 6.45) is 3.06. The molecule has 8 heteroatoms. The highest BCUT2D eigenvalue weighted by Crippen LogP contribution is 2.38. The first-order valence-electron chi connectivity index (χ1n) is 9.05. The molecule has 0 saturated carbocycles. The van der Waals surface area contributed by atoms with E-state index in [0.29, 0.717) is 38.7 Å². The van der Waals surface area contributed by atoms with Crippen molar-refractivity contribution >= 4 is 23.4 Å². The molecule has 0 fully saturated rings. The van der Waals surface area contributed by atoms with Crippen molar-refractivity contribution in [3.8, 4) is 22.8 Å². The number of hydrogen-bond acceptors (Lipinski definition) is 6. The van der Waals surface area contributed by atoms with Crippen LogP contribution in [-0.2, 0) is 5.60 Å². The number of aliphatic hydroxyl groups is 1. The van der Waals surface area contributed by atoms with Crippen LogP contribution >= 0.6 is 23.4 Å². The maximum atomic E-state index is 13.3. The third-order valence-corrected chi connectivity index (χ3v) is 5.45. The number of benzene rings is 2. The Hall–Kier alpha value is -2.74. The Balaban J connectivity index is 1.76. The maximum Gasteiger partial charge on any atom is 0.228 e. The van der Waals surface area contributed by atoms with Crippen molar-refractivity contribution in [2.45, 2.75) is 29.4 Å². The predicted octanol–water partition coefficient (Wildman–Crippen LogP) is 5.97. The van der Waals surface area contributed by atoms with Crippen LogP contribution in [0.2, 0.25) is 5.02 Å². The molecule has 152 valence electrons. The van der Waals surface area contributed by atoms with Crippen LogP contribution < -0.4 is 0 Å². The molecule has 2 aromatic carbocycles. The number of hydrogen-bond donors (Lipinski definition) is 1. The topological polar surface area (TPSA) is 72.0 Å². The summed E-state index contributed by atoms with van der Waals surface area (Å²) in [5, 5.41) is 11.3. The lowest BCUT2D eigenvalue weighted by Gasteiger charge is -2.15. The molecule has 0 aliphatic heterocycles. The van der Waals surface area contributed by atoms with E-state index in [2.05, 4.69) is 15.0 Å². The van der Waals surface area contributed by atoms with Gasteiger partial charge >= 0.3 is 0 Å². The van der Waals surface area contributed by atoms with Gasteiger partial charge in [0.2, 0.25) is 5.89 Å². The van der Waals surface area contributed by atoms with Crippen LogP contribution in [0.25, 0.3) is 22.8 Å². The molecule has 2 aromatic heterocycles. The lowest BCUT2D eigenvalue weighted by Crippen LogP contribution is -2.17. The fraction of sp³-hybridized carbons (Fsp3) is 0.136. The average molecular weight is 442 g/mol. The van der Waals surface area contributed by atoms with E-state index in [1.54, 1.807) is 44.3 Å². The minimum Gasteiger partial charge on any atom is -0.429 e. The van der Waals surface area contributed by atoms with E-state index in [-0.39, 0.29) is 5.82 Å². The smallest absolute Gasteiger partial charge is 0.228 e. The third-order valence-electron chi connectivity index (χ3n) is 4.23. The van der Waals surface area contributed by atoms with E-state index in [4.69, 9.17) is 16.0 Å². The Bertz CT molecular complexity index is 1160. The molecule has 0 spiro atoms. The summed E-state index contributed by atoms with van der Waals surface area (Å²) in [7, 11) is 0. The van der Waals surface area contributed by atoms with Crippen LogP contribution in [0.4, 0.5) is 4.39 Å². The highest BCUT2D eigenvalue weighted by Gasteiger charge is 2.22. The monoisotopic (exact) mass is 441 g/mol. The lowest BCUT2D eigenvalue weighted by atomic mass is 10.1. The van der Waals surface area contributed by atoms with Crippen molar-refractivity contribution in [3.63, 3.8) is 0 Å². The van der Waals surface area contributed by atoms with Gasteiger partial charge in [-0.05, 0) is 74.1 Å². The number of rotatable bonds is 5. The second kappa shape index (κ2) is 8.18. The molecular weight excluding hydrogens is 425 g/mol. The molecule has 0 bridgehead atoms. The fourth-order valence-electron chi connectivity index (χ4n) is 2.63. The van der Waals surface area contributed by atoms with Gasteiger partial charge in [-0.15, -0.1) is 0 Å². The molecule has 0 saturated heterocycles. The zero-order valence-electron chi connectivity index (χ0n) is 16.1. The van der Waals surface area contributed by atoms with E-state index in [0.717, 1.165) is 4.90 Å². The zero-order valence-corrected chi connectivity index (χ0v) is 17.7. The van der Waals surface area contributed by atoms with Gasteiger partial charge in [-0.2, -0.15) is 0 Å². The van der Waals surface area contributed by atoms with Gasteiger partial charge in [0.15, 0.2) is 5.09 Å². The Morgan fingerprint density at radius 3 is 2.30 bits per heavy atom. The summed E-state index contributed by atoms with van der Waals surface area (Å²) in [6, 6.07) is 13.2. The Labute approximate surface area is 182 Å². The fourth-order valence-corrected chi connectivity index (χ4v) is 3.61. The van der Waals surface area contributed by atoms with Gasteiger partial charge in [0.1, 0.15) is 22.8 Å². The second-order valence-corrected chi connectivity index (χ2v) is 8.55. The summed E-state index contributed by atoms with van der Waals surface area (Å²) < 4.78 is 19.3. The Morgan fingerprint density at radius 1 is 1.00 bits per heavy atom. The van der Waals surface area contributed by atoms with Crippen LogP contribution in [0.3, 0.4) is 0 Å². The van der Waals surface area contributed by atoms with Gasteiger partial charge in [-0.3, -0.25) is 9.97 Å². The number of aromatic nitrogens is 3. The molecule has 30 heavy (non-hydrogen) atoms. The highest BCUT2D eigenvalue weighted by molar-refractivity contribution is 7.99. The first-order chi connectivity index (χ1) is 14.3. The first-order valence-corrected chi connectivity index (χ1v) is 10.2. The molecule has 0 amide bonds. The number of nitrogens with zero attached hydrogens (tertiary/aromatic N) is 3. The van der Waals surface area contributed by atoms with Crippen LogP contribution in [0.15, 0.2) is 75.3 Å². The second-order valence-electron chi connectivity index (χ2n) is 7.06. The van der Waals surface area contributed by atoms with E-state index in [1.165, 1.54) is 30.1 Å². The minimum atomic E-state index is -1.10. The molecule has 4 aromatic rings. The lowest BCUT2D eigenvalue weighted by molar-refractivity contribution is 0.0734. The van der Waals surface area contributed by atoms with Crippen LogP contribution in [-0.4, -0.2) is 20.1 Å². The molecule has 0 unspecified atom stereocenters. The van der Waals surface area contributed by atoms with Gasteiger partial charge in [0.25, 0.3) is 0 Å². The molecule has 2 heterocycles. The van der Waals surface area contributed by atoms with Gasteiger partial charge in [0, 0.05) is 15.5 Å². The summed E-state index contributed by atoms with van der Waals surface area (Å²) in [6.45, 7) is 3.28. The van der Waals surface area contributed by atoms with Crippen LogP contribution in [0, 0.1) is 5.82 Å². The highest BCUT2D eigenvalue weighted by atomic mass is 35.5. The van der Waals surface area contributed by atoms with Crippen molar-refractivity contribution in [1.82, 2.24) is 15.0 Å². The standard InChI is InChI=1S/C22H17ClFN3O2S/c1-22(2,28)18-12-25-17(11-26-18)19-21(30-16-9-5-14(23)6-10-16)29-20(27-19)13-3-7-15(24)8-4-13/h3-12,28H,1-2H3. The van der Waals surface area contributed by atoms with E-state index in [9.17, 15) is 9.50 Å². The van der Waals surface area contributed by atoms with Crippen LogP contribution in [0.5, 0.6) is 0 Å². The van der Waals surface area contributed by atoms with Crippen molar-refractivity contribution in [3.05, 3.63) is 77.5 Å². The molecule has 5 nitrogen and oxygen atoms in total. The summed E-state index contributed by atoms with van der Waals surface area (Å²) >= 11 is 7.34. The summed E-state index contributed by atoms with van der Waals surface area (Å²) in [5.74, 6) is 0.00388. The van der Waals surface area contributed by atoms with Gasteiger partial charge in [-0.1, -0.05) is 11.6 Å². The maximum absolute atomic E-state index is 13.3. The molecule has 1 N–H and O–H groups in total. The molecule has 0 radical (unpaired) electrons. The molecule has 0 atom stereocenters. The quantitative estimate of drug-likeness (QED) is 0.411. The van der Waals surface area contributed by atoms with Crippen molar-refractivity contribution in [2.75, 3.05) is 0 Å². The largest absolute Gasteiger partial charge is 0.429 e. The van der Waals surface area contributed by atoms with Gasteiger partial charge < -0.3 is 9.52 Å².